The zero-order valence-corrected chi connectivity index (χ0v) is 15.5. The second-order valence-electron chi connectivity index (χ2n) is 4.81. The minimum atomic E-state index is -0.250. The quantitative estimate of drug-likeness (QED) is 0.673. The Balaban J connectivity index is 0.000000615. The molecule has 0 spiro atoms. The van der Waals surface area contributed by atoms with Gasteiger partial charge in [-0.05, 0) is 55.8 Å². The standard InChI is InChI=1S/C17H16N2O2.C2H6.CH2O2/c1-3-20-13-5-7-14(8-6-13)21-17-11-18-15-9-4-12(2)10-16(15)19-17;1-2;2-1-3/h4-11H,3H2,1-2H3;1-2H3;1H,(H,2,3). The Morgan fingerprint density at radius 1 is 1.04 bits per heavy atom. The smallest absolute Gasteiger partial charge is 0.290 e. The molecule has 2 aromatic carbocycles. The van der Waals surface area contributed by atoms with Gasteiger partial charge in [-0.1, -0.05) is 19.9 Å². The summed E-state index contributed by atoms with van der Waals surface area (Å²) < 4.78 is 11.1. The topological polar surface area (TPSA) is 81.5 Å². The summed E-state index contributed by atoms with van der Waals surface area (Å²) in [5, 5.41) is 6.89. The van der Waals surface area contributed by atoms with E-state index >= 15 is 0 Å². The van der Waals surface area contributed by atoms with E-state index in [4.69, 9.17) is 19.4 Å². The molecule has 0 saturated heterocycles. The highest BCUT2D eigenvalue weighted by Gasteiger charge is 2.03. The van der Waals surface area contributed by atoms with Crippen molar-refractivity contribution in [1.82, 2.24) is 9.97 Å². The van der Waals surface area contributed by atoms with Crippen LogP contribution in [0.5, 0.6) is 17.4 Å². The Kier molecular flexibility index (Phi) is 9.17. The lowest BCUT2D eigenvalue weighted by atomic mass is 10.2. The molecule has 6 nitrogen and oxygen atoms in total. The van der Waals surface area contributed by atoms with Gasteiger partial charge in [0.05, 0.1) is 23.8 Å². The van der Waals surface area contributed by atoms with Crippen molar-refractivity contribution in [2.75, 3.05) is 6.61 Å². The van der Waals surface area contributed by atoms with E-state index in [1.54, 1.807) is 6.20 Å². The first-order chi connectivity index (χ1) is 12.7. The SMILES string of the molecule is CC.CCOc1ccc(Oc2cnc3ccc(C)cc3n2)cc1.O=CO. The van der Waals surface area contributed by atoms with E-state index in [9.17, 15) is 0 Å². The lowest BCUT2D eigenvalue weighted by molar-refractivity contribution is -0.122. The minimum Gasteiger partial charge on any atom is -0.494 e. The molecule has 1 heterocycles. The number of aryl methyl sites for hydroxylation is 1. The number of nitrogens with zero attached hydrogens (tertiary/aromatic N) is 2. The highest BCUT2D eigenvalue weighted by atomic mass is 16.5. The molecule has 0 aliphatic heterocycles. The average molecular weight is 356 g/mol. The van der Waals surface area contributed by atoms with Crippen molar-refractivity contribution in [3.8, 4) is 17.4 Å². The predicted octanol–water partition coefficient (Wildman–Crippen LogP) is 4.86. The molecule has 138 valence electrons. The summed E-state index contributed by atoms with van der Waals surface area (Å²) in [4.78, 5) is 17.2. The van der Waals surface area contributed by atoms with Crippen molar-refractivity contribution in [2.45, 2.75) is 27.7 Å². The van der Waals surface area contributed by atoms with Gasteiger partial charge in [-0.3, -0.25) is 4.79 Å². The second-order valence-corrected chi connectivity index (χ2v) is 4.81. The van der Waals surface area contributed by atoms with Crippen molar-refractivity contribution >= 4 is 17.5 Å². The average Bonchev–Trinajstić information content (AvgIpc) is 2.65. The summed E-state index contributed by atoms with van der Waals surface area (Å²) in [6.45, 7) is 8.38. The van der Waals surface area contributed by atoms with Crippen molar-refractivity contribution < 1.29 is 19.4 Å². The number of carboxylic acid groups (broad SMARTS) is 1. The van der Waals surface area contributed by atoms with Gasteiger partial charge in [-0.2, -0.15) is 0 Å². The van der Waals surface area contributed by atoms with E-state index in [-0.39, 0.29) is 6.47 Å². The molecule has 0 unspecified atom stereocenters. The first-order valence-corrected chi connectivity index (χ1v) is 8.38. The molecule has 0 saturated carbocycles. The molecule has 3 rings (SSSR count). The number of ether oxygens (including phenoxy) is 2. The van der Waals surface area contributed by atoms with Crippen LogP contribution in [-0.2, 0) is 4.79 Å². The highest BCUT2D eigenvalue weighted by molar-refractivity contribution is 5.75. The Morgan fingerprint density at radius 2 is 1.65 bits per heavy atom. The first-order valence-electron chi connectivity index (χ1n) is 8.38. The van der Waals surface area contributed by atoms with Crippen LogP contribution in [0.1, 0.15) is 26.3 Å². The van der Waals surface area contributed by atoms with Gasteiger partial charge in [0.25, 0.3) is 6.47 Å². The molecule has 0 aliphatic carbocycles. The van der Waals surface area contributed by atoms with E-state index in [0.717, 1.165) is 22.3 Å². The zero-order chi connectivity index (χ0) is 19.4. The maximum Gasteiger partial charge on any atom is 0.290 e. The van der Waals surface area contributed by atoms with E-state index in [0.29, 0.717) is 18.2 Å². The van der Waals surface area contributed by atoms with Gasteiger partial charge in [0.1, 0.15) is 11.5 Å². The Hall–Kier alpha value is -3.15. The van der Waals surface area contributed by atoms with Gasteiger partial charge in [-0.25, -0.2) is 9.97 Å². The number of benzene rings is 2. The molecule has 3 aromatic rings. The number of hydrogen-bond acceptors (Lipinski definition) is 5. The molecular formula is C20H24N2O4. The van der Waals surface area contributed by atoms with Crippen LogP contribution in [0.15, 0.2) is 48.7 Å². The van der Waals surface area contributed by atoms with Crippen molar-refractivity contribution in [2.24, 2.45) is 0 Å². The molecular weight excluding hydrogens is 332 g/mol. The van der Waals surface area contributed by atoms with E-state index in [1.807, 2.05) is 70.2 Å². The number of carbonyl (C=O) groups is 1. The monoisotopic (exact) mass is 356 g/mol. The van der Waals surface area contributed by atoms with Crippen LogP contribution in [0.2, 0.25) is 0 Å². The molecule has 1 aromatic heterocycles. The fourth-order valence-electron chi connectivity index (χ4n) is 2.05. The molecule has 0 atom stereocenters. The summed E-state index contributed by atoms with van der Waals surface area (Å²) in [5.74, 6) is 2.02. The van der Waals surface area contributed by atoms with Crippen LogP contribution < -0.4 is 9.47 Å². The van der Waals surface area contributed by atoms with Gasteiger partial charge >= 0.3 is 0 Å². The normalized spacial score (nSPS) is 9.23. The van der Waals surface area contributed by atoms with E-state index in [1.165, 1.54) is 0 Å². The molecule has 6 heteroatoms. The maximum absolute atomic E-state index is 8.36. The lowest BCUT2D eigenvalue weighted by Gasteiger charge is -2.07. The molecule has 0 radical (unpaired) electrons. The number of rotatable bonds is 4. The number of fused-ring (bicyclic) bond motifs is 1. The van der Waals surface area contributed by atoms with Crippen molar-refractivity contribution in [3.63, 3.8) is 0 Å². The van der Waals surface area contributed by atoms with Crippen LogP contribution in [0.4, 0.5) is 0 Å². The second kappa shape index (κ2) is 11.4. The van der Waals surface area contributed by atoms with E-state index in [2.05, 4.69) is 9.97 Å². The predicted molar refractivity (Wildman–Crippen MR) is 102 cm³/mol. The summed E-state index contributed by atoms with van der Waals surface area (Å²) in [6, 6.07) is 13.4. The lowest BCUT2D eigenvalue weighted by Crippen LogP contribution is -1.93. The number of hydrogen-bond donors (Lipinski definition) is 1. The van der Waals surface area contributed by atoms with E-state index < -0.39 is 0 Å². The number of aromatic nitrogens is 2. The van der Waals surface area contributed by atoms with Crippen LogP contribution >= 0.6 is 0 Å². The third-order valence-electron chi connectivity index (χ3n) is 3.03. The van der Waals surface area contributed by atoms with Crippen LogP contribution in [0.3, 0.4) is 0 Å². The van der Waals surface area contributed by atoms with Gasteiger partial charge in [0.15, 0.2) is 0 Å². The Bertz CT molecular complexity index is 805. The van der Waals surface area contributed by atoms with Crippen molar-refractivity contribution in [3.05, 3.63) is 54.2 Å². The minimum absolute atomic E-state index is 0.250. The Morgan fingerprint density at radius 3 is 2.27 bits per heavy atom. The maximum atomic E-state index is 8.36. The summed E-state index contributed by atoms with van der Waals surface area (Å²) in [5.41, 5.74) is 2.84. The molecule has 26 heavy (non-hydrogen) atoms. The molecule has 0 bridgehead atoms. The van der Waals surface area contributed by atoms with Crippen LogP contribution in [-0.4, -0.2) is 28.2 Å². The van der Waals surface area contributed by atoms with Crippen LogP contribution in [0.25, 0.3) is 11.0 Å². The summed E-state index contributed by atoms with van der Waals surface area (Å²) in [6.07, 6.45) is 1.63. The highest BCUT2D eigenvalue weighted by Crippen LogP contribution is 2.23. The van der Waals surface area contributed by atoms with Gasteiger partial charge < -0.3 is 14.6 Å². The van der Waals surface area contributed by atoms with Gasteiger partial charge in [-0.15, -0.1) is 0 Å². The fraction of sp³-hybridized carbons (Fsp3) is 0.250. The summed E-state index contributed by atoms with van der Waals surface area (Å²) >= 11 is 0. The molecule has 0 amide bonds. The third-order valence-corrected chi connectivity index (χ3v) is 3.03. The largest absolute Gasteiger partial charge is 0.494 e. The zero-order valence-electron chi connectivity index (χ0n) is 15.5. The van der Waals surface area contributed by atoms with Gasteiger partial charge in [0.2, 0.25) is 5.88 Å². The van der Waals surface area contributed by atoms with Gasteiger partial charge in [0, 0.05) is 0 Å². The van der Waals surface area contributed by atoms with Crippen LogP contribution in [0, 0.1) is 6.92 Å². The third kappa shape index (κ3) is 6.39. The molecule has 0 fully saturated rings. The fourth-order valence-corrected chi connectivity index (χ4v) is 2.05. The molecule has 0 aliphatic rings. The Labute approximate surface area is 153 Å². The molecule has 1 N–H and O–H groups in total. The first kappa shape index (κ1) is 20.9. The van der Waals surface area contributed by atoms with Crippen molar-refractivity contribution in [1.29, 1.82) is 0 Å². The summed E-state index contributed by atoms with van der Waals surface area (Å²) in [7, 11) is 0.